The minimum Gasteiger partial charge on any atom is -0.457 e. The molecule has 1 heterocycles. The lowest BCUT2D eigenvalue weighted by Gasteiger charge is -2.41. The monoisotopic (exact) mass is 783 g/mol. The number of hydrogen-bond donors (Lipinski definition) is 4. The summed E-state index contributed by atoms with van der Waals surface area (Å²) in [5.74, 6) is -0.402. The molecule has 0 saturated carbocycles. The quantitative estimate of drug-likeness (QED) is 0.0271. The van der Waals surface area contributed by atoms with Crippen molar-refractivity contribution in [2.24, 2.45) is 0 Å². The van der Waals surface area contributed by atoms with Gasteiger partial charge in [0.05, 0.1) is 19.8 Å². The van der Waals surface area contributed by atoms with Crippen LogP contribution in [-0.2, 0) is 38.3 Å². The first kappa shape index (κ1) is 50.1. The van der Waals surface area contributed by atoms with Crippen LogP contribution in [0.5, 0.6) is 0 Å². The maximum Gasteiger partial charge on any atom is 0.397 e. The molecule has 6 unspecified atom stereocenters. The highest BCUT2D eigenvalue weighted by atomic mass is 32.3. The zero-order valence-corrected chi connectivity index (χ0v) is 34.2. The van der Waals surface area contributed by atoms with Crippen LogP contribution in [0.4, 0.5) is 0 Å². The van der Waals surface area contributed by atoms with E-state index in [9.17, 15) is 28.5 Å². The minimum atomic E-state index is -5.05. The molecule has 0 radical (unpaired) electrons. The Morgan fingerprint density at radius 1 is 0.642 bits per heavy atom. The van der Waals surface area contributed by atoms with Crippen LogP contribution in [-0.4, -0.2) is 97.5 Å². The predicted molar refractivity (Wildman–Crippen MR) is 207 cm³/mol. The number of ether oxygens (including phenoxy) is 4. The zero-order valence-electron chi connectivity index (χ0n) is 33.3. The molecule has 1 rings (SSSR count). The Balaban J connectivity index is 2.34. The summed E-state index contributed by atoms with van der Waals surface area (Å²) in [5, 5.41) is 30.5. The molecule has 4 N–H and O–H groups in total. The van der Waals surface area contributed by atoms with Gasteiger partial charge in [0.1, 0.15) is 30.5 Å². The SMILES string of the molecule is CCCCCCCCCCCCCCCCCCCCCOCC(COC1OC(CO)C(O)C(OS(=O)(=O)O)C1O)OC(=O)CCCCCCCCC. The average Bonchev–Trinajstić information content (AvgIpc) is 3.12. The summed E-state index contributed by atoms with van der Waals surface area (Å²) in [6.07, 6.45) is 23.2. The van der Waals surface area contributed by atoms with Crippen LogP contribution in [0.25, 0.3) is 0 Å². The molecule has 13 heteroatoms. The van der Waals surface area contributed by atoms with Crippen LogP contribution in [0.2, 0.25) is 0 Å². The van der Waals surface area contributed by atoms with Crippen molar-refractivity contribution in [1.82, 2.24) is 0 Å². The van der Waals surface area contributed by atoms with Crippen molar-refractivity contribution in [2.75, 3.05) is 26.4 Å². The highest BCUT2D eigenvalue weighted by Gasteiger charge is 2.48. The fourth-order valence-corrected chi connectivity index (χ4v) is 7.24. The van der Waals surface area contributed by atoms with Gasteiger partial charge in [0.25, 0.3) is 0 Å². The molecule has 0 aromatic heterocycles. The number of carbonyl (C=O) groups excluding carboxylic acids is 1. The summed E-state index contributed by atoms with van der Waals surface area (Å²) in [7, 11) is -5.05. The second-order valence-electron chi connectivity index (χ2n) is 15.0. The van der Waals surface area contributed by atoms with Crippen LogP contribution in [0.1, 0.15) is 187 Å². The Kier molecular flexibility index (Phi) is 31.5. The van der Waals surface area contributed by atoms with Crippen LogP contribution in [0.3, 0.4) is 0 Å². The standard InChI is InChI=1S/C40H78O12S/c1-3-5-7-9-11-12-13-14-15-16-17-18-19-20-21-22-24-26-28-30-48-32-34(50-36(42)29-27-25-23-10-8-6-4-2)33-49-40-38(44)39(52-53(45,46)47)37(43)35(31-41)51-40/h34-35,37-41,43-44H,3-33H2,1-2H3,(H,45,46,47). The van der Waals surface area contributed by atoms with E-state index in [-0.39, 0.29) is 19.6 Å². The molecule has 0 aromatic carbocycles. The molecule has 1 aliphatic rings. The van der Waals surface area contributed by atoms with Gasteiger partial charge in [0, 0.05) is 13.0 Å². The molecule has 1 aliphatic heterocycles. The lowest BCUT2D eigenvalue weighted by Crippen LogP contribution is -2.60. The predicted octanol–water partition coefficient (Wildman–Crippen LogP) is 8.13. The largest absolute Gasteiger partial charge is 0.457 e. The first-order valence-corrected chi connectivity index (χ1v) is 22.7. The summed E-state index contributed by atoms with van der Waals surface area (Å²) in [4.78, 5) is 12.7. The molecule has 0 bridgehead atoms. The van der Waals surface area contributed by atoms with Crippen molar-refractivity contribution in [3.8, 4) is 0 Å². The number of unbranched alkanes of at least 4 members (excludes halogenated alkanes) is 24. The number of carbonyl (C=O) groups is 1. The van der Waals surface area contributed by atoms with E-state index in [4.69, 9.17) is 23.5 Å². The van der Waals surface area contributed by atoms with Gasteiger partial charge < -0.3 is 34.3 Å². The highest BCUT2D eigenvalue weighted by Crippen LogP contribution is 2.26. The van der Waals surface area contributed by atoms with Crippen LogP contribution in [0.15, 0.2) is 0 Å². The second-order valence-corrected chi connectivity index (χ2v) is 16.0. The Morgan fingerprint density at radius 3 is 1.51 bits per heavy atom. The van der Waals surface area contributed by atoms with Gasteiger partial charge in [-0.1, -0.05) is 168 Å². The lowest BCUT2D eigenvalue weighted by molar-refractivity contribution is -0.301. The Labute approximate surface area is 322 Å². The molecule has 0 spiro atoms. The molecule has 0 amide bonds. The van der Waals surface area contributed by atoms with E-state index in [1.54, 1.807) is 0 Å². The van der Waals surface area contributed by atoms with E-state index in [0.717, 1.165) is 38.5 Å². The van der Waals surface area contributed by atoms with E-state index >= 15 is 0 Å². The van der Waals surface area contributed by atoms with Gasteiger partial charge in [-0.15, -0.1) is 0 Å². The molecule has 1 fully saturated rings. The van der Waals surface area contributed by atoms with E-state index in [1.807, 2.05) is 0 Å². The second kappa shape index (κ2) is 33.3. The van der Waals surface area contributed by atoms with Gasteiger partial charge in [0.2, 0.25) is 0 Å². The van der Waals surface area contributed by atoms with Crippen molar-refractivity contribution in [1.29, 1.82) is 0 Å². The van der Waals surface area contributed by atoms with Crippen molar-refractivity contribution in [2.45, 2.75) is 224 Å². The van der Waals surface area contributed by atoms with Crippen molar-refractivity contribution in [3.05, 3.63) is 0 Å². The van der Waals surface area contributed by atoms with Crippen LogP contribution >= 0.6 is 0 Å². The van der Waals surface area contributed by atoms with Gasteiger partial charge in [-0.2, -0.15) is 8.42 Å². The molecule has 53 heavy (non-hydrogen) atoms. The topological polar surface area (TPSA) is 178 Å². The Morgan fingerprint density at radius 2 is 1.08 bits per heavy atom. The van der Waals surface area contributed by atoms with E-state index in [1.165, 1.54) is 122 Å². The van der Waals surface area contributed by atoms with Crippen molar-refractivity contribution < 1.29 is 56.2 Å². The normalized spacial score (nSPS) is 21.2. The molecule has 1 saturated heterocycles. The van der Waals surface area contributed by atoms with Gasteiger partial charge >= 0.3 is 16.4 Å². The zero-order chi connectivity index (χ0) is 39.0. The van der Waals surface area contributed by atoms with E-state index in [2.05, 4.69) is 18.0 Å². The number of esters is 1. The lowest BCUT2D eigenvalue weighted by atomic mass is 9.99. The molecule has 316 valence electrons. The van der Waals surface area contributed by atoms with E-state index < -0.39 is 59.8 Å². The van der Waals surface area contributed by atoms with E-state index in [0.29, 0.717) is 13.0 Å². The van der Waals surface area contributed by atoms with Crippen molar-refractivity contribution in [3.63, 3.8) is 0 Å². The molecular weight excluding hydrogens is 704 g/mol. The third kappa shape index (κ3) is 27.4. The molecule has 0 aliphatic carbocycles. The fourth-order valence-electron chi connectivity index (χ4n) is 6.73. The molecular formula is C40H78O12S. The summed E-state index contributed by atoms with van der Waals surface area (Å²) in [6, 6.07) is 0. The summed E-state index contributed by atoms with van der Waals surface area (Å²) >= 11 is 0. The van der Waals surface area contributed by atoms with Crippen LogP contribution < -0.4 is 0 Å². The fraction of sp³-hybridized carbons (Fsp3) is 0.975. The number of aliphatic hydroxyl groups excluding tert-OH is 3. The maximum atomic E-state index is 12.7. The smallest absolute Gasteiger partial charge is 0.397 e. The van der Waals surface area contributed by atoms with Crippen molar-refractivity contribution >= 4 is 16.4 Å². The van der Waals surface area contributed by atoms with Gasteiger partial charge in [-0.3, -0.25) is 9.35 Å². The molecule has 12 nitrogen and oxygen atoms in total. The number of aliphatic hydroxyl groups is 3. The summed E-state index contributed by atoms with van der Waals surface area (Å²) < 4.78 is 58.7. The number of hydrogen-bond acceptors (Lipinski definition) is 11. The van der Waals surface area contributed by atoms with Crippen LogP contribution in [0, 0.1) is 0 Å². The first-order chi connectivity index (χ1) is 25.6. The maximum absolute atomic E-state index is 12.7. The van der Waals surface area contributed by atoms with Gasteiger partial charge in [0.15, 0.2) is 6.29 Å². The van der Waals surface area contributed by atoms with Gasteiger partial charge in [-0.05, 0) is 12.8 Å². The minimum absolute atomic E-state index is 0.0433. The average molecular weight is 783 g/mol. The third-order valence-electron chi connectivity index (χ3n) is 9.98. The third-order valence-corrected chi connectivity index (χ3v) is 10.4. The highest BCUT2D eigenvalue weighted by molar-refractivity contribution is 7.80. The summed E-state index contributed by atoms with van der Waals surface area (Å²) in [6.45, 7) is 3.96. The molecule has 0 aromatic rings. The summed E-state index contributed by atoms with van der Waals surface area (Å²) in [5.41, 5.74) is 0. The Hall–Kier alpha value is -0.900. The number of rotatable bonds is 37. The van der Waals surface area contributed by atoms with Gasteiger partial charge in [-0.25, -0.2) is 4.18 Å². The first-order valence-electron chi connectivity index (χ1n) is 21.3. The Bertz CT molecular complexity index is 952. The molecule has 6 atom stereocenters.